The molecule has 0 radical (unpaired) electrons. The zero-order valence-electron chi connectivity index (χ0n) is 9.06. The van der Waals surface area contributed by atoms with Crippen molar-refractivity contribution >= 4 is 17.8 Å². The number of hydrogen-bond donors (Lipinski definition) is 2. The Labute approximate surface area is 93.0 Å². The van der Waals surface area contributed by atoms with Crippen molar-refractivity contribution in [1.29, 1.82) is 0 Å². The first-order valence-corrected chi connectivity index (χ1v) is 5.17. The molecule has 0 aromatic heterocycles. The van der Waals surface area contributed by atoms with Gasteiger partial charge in [0.2, 0.25) is 5.91 Å². The van der Waals surface area contributed by atoms with Gasteiger partial charge >= 0.3 is 11.9 Å². The van der Waals surface area contributed by atoms with E-state index in [0.717, 1.165) is 0 Å². The van der Waals surface area contributed by atoms with Crippen molar-refractivity contribution < 1.29 is 24.2 Å². The monoisotopic (exact) mass is 229 g/mol. The van der Waals surface area contributed by atoms with E-state index < -0.39 is 18.0 Å². The van der Waals surface area contributed by atoms with Crippen molar-refractivity contribution in [2.24, 2.45) is 5.92 Å². The van der Waals surface area contributed by atoms with Crippen molar-refractivity contribution in [3.05, 3.63) is 0 Å². The fraction of sp³-hybridized carbons (Fsp3) is 0.700. The molecule has 2 N–H and O–H groups in total. The predicted molar refractivity (Wildman–Crippen MR) is 53.5 cm³/mol. The number of carboxylic acids is 1. The number of nitrogens with one attached hydrogen (secondary N) is 1. The van der Waals surface area contributed by atoms with Gasteiger partial charge in [-0.1, -0.05) is 6.92 Å². The van der Waals surface area contributed by atoms with Gasteiger partial charge in [0.25, 0.3) is 0 Å². The molecule has 1 aliphatic heterocycles. The zero-order chi connectivity index (χ0) is 12.1. The molecular formula is C10H15NO5. The zero-order valence-corrected chi connectivity index (χ0v) is 9.06. The maximum absolute atomic E-state index is 11.4. The Hall–Kier alpha value is -1.59. The van der Waals surface area contributed by atoms with E-state index in [1.807, 2.05) is 0 Å². The van der Waals surface area contributed by atoms with Crippen LogP contribution in [0.1, 0.15) is 26.2 Å². The van der Waals surface area contributed by atoms with E-state index in [1.54, 1.807) is 6.92 Å². The lowest BCUT2D eigenvalue weighted by molar-refractivity contribution is -0.142. The summed E-state index contributed by atoms with van der Waals surface area (Å²) >= 11 is 0. The molecule has 6 nitrogen and oxygen atoms in total. The van der Waals surface area contributed by atoms with Gasteiger partial charge in [0.1, 0.15) is 6.04 Å². The summed E-state index contributed by atoms with van der Waals surface area (Å²) in [6.45, 7) is 2.01. The highest BCUT2D eigenvalue weighted by molar-refractivity contribution is 5.85. The summed E-state index contributed by atoms with van der Waals surface area (Å²) in [4.78, 5) is 32.8. The number of carbonyl (C=O) groups excluding carboxylic acids is 2. The van der Waals surface area contributed by atoms with Crippen LogP contribution < -0.4 is 5.32 Å². The Morgan fingerprint density at radius 1 is 1.56 bits per heavy atom. The molecule has 0 bridgehead atoms. The third kappa shape index (κ3) is 3.88. The third-order valence-corrected chi connectivity index (χ3v) is 2.33. The molecule has 1 heterocycles. The average molecular weight is 229 g/mol. The van der Waals surface area contributed by atoms with Crippen molar-refractivity contribution in [2.45, 2.75) is 32.2 Å². The van der Waals surface area contributed by atoms with Crippen LogP contribution in [0.4, 0.5) is 0 Å². The summed E-state index contributed by atoms with van der Waals surface area (Å²) < 4.78 is 4.69. The quantitative estimate of drug-likeness (QED) is 0.643. The summed E-state index contributed by atoms with van der Waals surface area (Å²) in [5.74, 6) is -1.90. The molecule has 1 aliphatic rings. The molecule has 1 rings (SSSR count). The van der Waals surface area contributed by atoms with Crippen LogP contribution in [-0.2, 0) is 19.1 Å². The van der Waals surface area contributed by atoms with Gasteiger partial charge < -0.3 is 15.2 Å². The second-order valence-electron chi connectivity index (χ2n) is 3.98. The normalized spacial score (nSPS) is 21.3. The molecule has 2 unspecified atom stereocenters. The first-order chi connectivity index (χ1) is 7.49. The van der Waals surface area contributed by atoms with E-state index in [0.29, 0.717) is 13.0 Å². The minimum Gasteiger partial charge on any atom is -0.481 e. The Bertz CT molecular complexity index is 302. The van der Waals surface area contributed by atoms with E-state index in [-0.39, 0.29) is 24.7 Å². The van der Waals surface area contributed by atoms with Crippen molar-refractivity contribution in [1.82, 2.24) is 5.32 Å². The Morgan fingerprint density at radius 3 is 2.75 bits per heavy atom. The fourth-order valence-corrected chi connectivity index (χ4v) is 1.57. The largest absolute Gasteiger partial charge is 0.481 e. The Balaban J connectivity index is 2.30. The lowest BCUT2D eigenvalue weighted by Gasteiger charge is -2.11. The number of amides is 1. The van der Waals surface area contributed by atoms with Crippen LogP contribution in [0.2, 0.25) is 0 Å². The standard InChI is InChI=1S/C10H15NO5/c1-6(5-9(13)14)4-8(12)11-7-2-3-16-10(7)15/h6-7H,2-5H2,1H3,(H,11,12)(H,13,14). The van der Waals surface area contributed by atoms with E-state index in [9.17, 15) is 14.4 Å². The molecule has 0 aromatic carbocycles. The van der Waals surface area contributed by atoms with Crippen LogP contribution in [0.3, 0.4) is 0 Å². The molecule has 1 saturated heterocycles. The van der Waals surface area contributed by atoms with Crippen LogP contribution in [0.25, 0.3) is 0 Å². The topological polar surface area (TPSA) is 92.7 Å². The maximum atomic E-state index is 11.4. The SMILES string of the molecule is CC(CC(=O)O)CC(=O)NC1CCOC1=O. The summed E-state index contributed by atoms with van der Waals surface area (Å²) in [5.41, 5.74) is 0. The molecule has 1 fully saturated rings. The van der Waals surface area contributed by atoms with Crippen molar-refractivity contribution in [3.63, 3.8) is 0 Å². The number of esters is 1. The van der Waals surface area contributed by atoms with E-state index in [4.69, 9.17) is 5.11 Å². The smallest absolute Gasteiger partial charge is 0.328 e. The highest BCUT2D eigenvalue weighted by atomic mass is 16.5. The Kier molecular flexibility index (Phi) is 4.28. The lowest BCUT2D eigenvalue weighted by Crippen LogP contribution is -2.38. The molecular weight excluding hydrogens is 214 g/mol. The van der Waals surface area contributed by atoms with Gasteiger partial charge in [0.05, 0.1) is 6.61 Å². The number of rotatable bonds is 5. The predicted octanol–water partition coefficient (Wildman–Crippen LogP) is -0.0810. The van der Waals surface area contributed by atoms with Crippen molar-refractivity contribution in [2.75, 3.05) is 6.61 Å². The van der Waals surface area contributed by atoms with Gasteiger partial charge in [-0.3, -0.25) is 9.59 Å². The number of ether oxygens (including phenoxy) is 1. The molecule has 6 heteroatoms. The highest BCUT2D eigenvalue weighted by Crippen LogP contribution is 2.10. The molecule has 0 aromatic rings. The second-order valence-corrected chi connectivity index (χ2v) is 3.98. The minimum atomic E-state index is -0.930. The lowest BCUT2D eigenvalue weighted by atomic mass is 10.0. The van der Waals surface area contributed by atoms with Gasteiger partial charge in [-0.2, -0.15) is 0 Å². The Morgan fingerprint density at radius 2 is 2.25 bits per heavy atom. The molecule has 16 heavy (non-hydrogen) atoms. The van der Waals surface area contributed by atoms with Gasteiger partial charge in [0.15, 0.2) is 0 Å². The van der Waals surface area contributed by atoms with Gasteiger partial charge in [-0.15, -0.1) is 0 Å². The van der Waals surface area contributed by atoms with E-state index in [1.165, 1.54) is 0 Å². The summed E-state index contributed by atoms with van der Waals surface area (Å²) in [6.07, 6.45) is 0.538. The molecule has 90 valence electrons. The highest BCUT2D eigenvalue weighted by Gasteiger charge is 2.28. The average Bonchev–Trinajstić information content (AvgIpc) is 2.49. The third-order valence-electron chi connectivity index (χ3n) is 2.33. The van der Waals surface area contributed by atoms with Gasteiger partial charge in [-0.05, 0) is 5.92 Å². The summed E-state index contributed by atoms with van der Waals surface area (Å²) in [5, 5.41) is 11.0. The molecule has 1 amide bonds. The number of aliphatic carboxylic acids is 1. The van der Waals surface area contributed by atoms with Gasteiger partial charge in [0, 0.05) is 19.3 Å². The van der Waals surface area contributed by atoms with Crippen LogP contribution in [0, 0.1) is 5.92 Å². The first-order valence-electron chi connectivity index (χ1n) is 5.17. The van der Waals surface area contributed by atoms with Crippen LogP contribution in [0.5, 0.6) is 0 Å². The molecule has 2 atom stereocenters. The number of hydrogen-bond acceptors (Lipinski definition) is 4. The van der Waals surface area contributed by atoms with Crippen LogP contribution in [-0.4, -0.2) is 35.6 Å². The first kappa shape index (κ1) is 12.5. The number of carbonyl (C=O) groups is 3. The number of cyclic esters (lactones) is 1. The second kappa shape index (κ2) is 5.48. The van der Waals surface area contributed by atoms with Crippen molar-refractivity contribution in [3.8, 4) is 0 Å². The van der Waals surface area contributed by atoms with E-state index in [2.05, 4.69) is 10.1 Å². The fourth-order valence-electron chi connectivity index (χ4n) is 1.57. The van der Waals surface area contributed by atoms with Gasteiger partial charge in [-0.25, -0.2) is 4.79 Å². The minimum absolute atomic E-state index is 0.0530. The van der Waals surface area contributed by atoms with Crippen LogP contribution >= 0.6 is 0 Å². The maximum Gasteiger partial charge on any atom is 0.328 e. The summed E-state index contributed by atoms with van der Waals surface area (Å²) in [6, 6.07) is -0.565. The van der Waals surface area contributed by atoms with Crippen LogP contribution in [0.15, 0.2) is 0 Å². The number of carboxylic acid groups (broad SMARTS) is 1. The molecule has 0 aliphatic carbocycles. The summed E-state index contributed by atoms with van der Waals surface area (Å²) in [7, 11) is 0. The molecule has 0 spiro atoms. The van der Waals surface area contributed by atoms with E-state index >= 15 is 0 Å². The molecule has 0 saturated carbocycles.